The first-order valence-corrected chi connectivity index (χ1v) is 6.58. The van der Waals surface area contributed by atoms with E-state index < -0.39 is 0 Å². The third-order valence-electron chi connectivity index (χ3n) is 3.37. The number of hydrogen-bond acceptors (Lipinski definition) is 3. The molecule has 0 radical (unpaired) electrons. The molecule has 2 N–H and O–H groups in total. The molecule has 1 atom stereocenters. The van der Waals surface area contributed by atoms with E-state index >= 15 is 0 Å². The molecule has 1 aromatic carbocycles. The summed E-state index contributed by atoms with van der Waals surface area (Å²) >= 11 is 0. The van der Waals surface area contributed by atoms with Crippen molar-refractivity contribution in [3.8, 4) is 0 Å². The molecule has 5 nitrogen and oxygen atoms in total. The molecule has 0 bridgehead atoms. The third kappa shape index (κ3) is 2.88. The van der Waals surface area contributed by atoms with Crippen molar-refractivity contribution in [1.29, 1.82) is 0 Å². The smallest absolute Gasteiger partial charge is 0.243 e. The number of aliphatic hydroxyl groups is 1. The highest BCUT2D eigenvalue weighted by Crippen LogP contribution is 2.32. The van der Waals surface area contributed by atoms with Crippen molar-refractivity contribution >= 4 is 17.5 Å². The lowest BCUT2D eigenvalue weighted by atomic mass is 10.1. The Morgan fingerprint density at radius 2 is 2.20 bits per heavy atom. The number of para-hydroxylation sites is 1. The van der Waals surface area contributed by atoms with Crippen molar-refractivity contribution in [2.24, 2.45) is 0 Å². The van der Waals surface area contributed by atoms with E-state index in [0.717, 1.165) is 11.3 Å². The second-order valence-corrected chi connectivity index (χ2v) is 4.68. The Labute approximate surface area is 117 Å². The van der Waals surface area contributed by atoms with Gasteiger partial charge in [0.1, 0.15) is 0 Å². The first-order chi connectivity index (χ1) is 9.67. The molecule has 2 amide bonds. The molecule has 1 heterocycles. The van der Waals surface area contributed by atoms with Crippen LogP contribution >= 0.6 is 0 Å². The van der Waals surface area contributed by atoms with Crippen LogP contribution in [0.25, 0.3) is 0 Å². The number of aliphatic hydroxyl groups excluding tert-OH is 1. The maximum absolute atomic E-state index is 12.3. The number of carbonyl (C=O) groups excluding carboxylic acids is 2. The number of amides is 2. The summed E-state index contributed by atoms with van der Waals surface area (Å²) in [5, 5.41) is 12.0. The van der Waals surface area contributed by atoms with Gasteiger partial charge in [-0.1, -0.05) is 24.8 Å². The monoisotopic (exact) mass is 274 g/mol. The molecule has 1 aliphatic rings. The molecule has 1 unspecified atom stereocenters. The first-order valence-electron chi connectivity index (χ1n) is 6.58. The van der Waals surface area contributed by atoms with Crippen LogP contribution in [-0.4, -0.2) is 36.1 Å². The summed E-state index contributed by atoms with van der Waals surface area (Å²) in [6, 6.07) is 7.43. The average Bonchev–Trinajstić information content (AvgIpc) is 2.85. The topological polar surface area (TPSA) is 69.6 Å². The van der Waals surface area contributed by atoms with Crippen molar-refractivity contribution in [2.75, 3.05) is 18.1 Å². The van der Waals surface area contributed by atoms with Gasteiger partial charge in [-0.05, 0) is 24.1 Å². The quantitative estimate of drug-likeness (QED) is 0.774. The zero-order valence-electron chi connectivity index (χ0n) is 11.2. The van der Waals surface area contributed by atoms with E-state index in [9.17, 15) is 14.7 Å². The van der Waals surface area contributed by atoms with Crippen molar-refractivity contribution in [3.63, 3.8) is 0 Å². The predicted octanol–water partition coefficient (Wildman–Crippen LogP) is 0.629. The minimum absolute atomic E-state index is 0.0700. The highest BCUT2D eigenvalue weighted by atomic mass is 16.3. The van der Waals surface area contributed by atoms with Gasteiger partial charge >= 0.3 is 0 Å². The molecule has 20 heavy (non-hydrogen) atoms. The van der Waals surface area contributed by atoms with Gasteiger partial charge in [0, 0.05) is 18.7 Å². The van der Waals surface area contributed by atoms with Crippen LogP contribution < -0.4 is 10.2 Å². The Kier molecular flexibility index (Phi) is 4.53. The number of fused-ring (bicyclic) bond motifs is 1. The van der Waals surface area contributed by atoms with Crippen LogP contribution in [0.2, 0.25) is 0 Å². The third-order valence-corrected chi connectivity index (χ3v) is 3.37. The molecule has 0 saturated carbocycles. The highest BCUT2D eigenvalue weighted by Gasteiger charge is 2.32. The van der Waals surface area contributed by atoms with Crippen LogP contribution in [0, 0.1) is 0 Å². The normalized spacial score (nSPS) is 16.6. The Hall–Kier alpha value is -2.14. The van der Waals surface area contributed by atoms with Crippen molar-refractivity contribution in [1.82, 2.24) is 5.32 Å². The van der Waals surface area contributed by atoms with Gasteiger partial charge in [0.2, 0.25) is 11.8 Å². The second-order valence-electron chi connectivity index (χ2n) is 4.68. The van der Waals surface area contributed by atoms with Crippen LogP contribution in [0.5, 0.6) is 0 Å². The number of carbonyl (C=O) groups is 2. The van der Waals surface area contributed by atoms with Gasteiger partial charge < -0.3 is 15.3 Å². The molecule has 1 aromatic rings. The van der Waals surface area contributed by atoms with E-state index in [1.165, 1.54) is 6.08 Å². The summed E-state index contributed by atoms with van der Waals surface area (Å²) in [6.45, 7) is 3.54. The Bertz CT molecular complexity index is 528. The fraction of sp³-hybridized carbons (Fsp3) is 0.333. The van der Waals surface area contributed by atoms with Crippen LogP contribution in [-0.2, 0) is 16.0 Å². The Morgan fingerprint density at radius 3 is 2.90 bits per heavy atom. The van der Waals surface area contributed by atoms with Gasteiger partial charge in [0.15, 0.2) is 0 Å². The van der Waals surface area contributed by atoms with Gasteiger partial charge in [0.05, 0.1) is 12.6 Å². The van der Waals surface area contributed by atoms with Gasteiger partial charge in [-0.25, -0.2) is 0 Å². The van der Waals surface area contributed by atoms with Gasteiger partial charge in [-0.15, -0.1) is 0 Å². The standard InChI is InChI=1S/C15H18N2O3/c1-2-14(19)16-8-7-15(20)17-12(10-18)9-11-5-3-4-6-13(11)17/h2-6,12,18H,1,7-10H2,(H,16,19). The molecule has 0 aliphatic carbocycles. The Morgan fingerprint density at radius 1 is 1.45 bits per heavy atom. The maximum Gasteiger partial charge on any atom is 0.243 e. The number of benzene rings is 1. The van der Waals surface area contributed by atoms with Gasteiger partial charge in [-0.2, -0.15) is 0 Å². The van der Waals surface area contributed by atoms with E-state index in [1.54, 1.807) is 4.90 Å². The molecule has 2 rings (SSSR count). The highest BCUT2D eigenvalue weighted by molar-refractivity contribution is 5.96. The zero-order chi connectivity index (χ0) is 14.5. The lowest BCUT2D eigenvalue weighted by molar-refractivity contribution is -0.119. The predicted molar refractivity (Wildman–Crippen MR) is 76.3 cm³/mol. The molecule has 0 fully saturated rings. The van der Waals surface area contributed by atoms with Crippen LogP contribution in [0.15, 0.2) is 36.9 Å². The molecule has 0 aromatic heterocycles. The maximum atomic E-state index is 12.3. The fourth-order valence-electron chi connectivity index (χ4n) is 2.43. The lowest BCUT2D eigenvalue weighted by Crippen LogP contribution is -2.41. The summed E-state index contributed by atoms with van der Waals surface area (Å²) < 4.78 is 0. The van der Waals surface area contributed by atoms with Crippen LogP contribution in [0.1, 0.15) is 12.0 Å². The van der Waals surface area contributed by atoms with E-state index in [1.807, 2.05) is 24.3 Å². The Balaban J connectivity index is 2.04. The SMILES string of the molecule is C=CC(=O)NCCC(=O)N1c2ccccc2CC1CO. The van der Waals surface area contributed by atoms with E-state index in [4.69, 9.17) is 0 Å². The van der Waals surface area contributed by atoms with E-state index in [0.29, 0.717) is 6.42 Å². The molecule has 0 spiro atoms. The molecule has 0 saturated heterocycles. The number of nitrogens with one attached hydrogen (secondary N) is 1. The lowest BCUT2D eigenvalue weighted by Gasteiger charge is -2.24. The van der Waals surface area contributed by atoms with Crippen LogP contribution in [0.4, 0.5) is 5.69 Å². The molecule has 1 aliphatic heterocycles. The minimum atomic E-state index is -0.293. The number of rotatable bonds is 5. The van der Waals surface area contributed by atoms with Crippen LogP contribution in [0.3, 0.4) is 0 Å². The average molecular weight is 274 g/mol. The fourth-order valence-corrected chi connectivity index (χ4v) is 2.43. The number of nitrogens with zero attached hydrogens (tertiary/aromatic N) is 1. The van der Waals surface area contributed by atoms with Crippen molar-refractivity contribution in [3.05, 3.63) is 42.5 Å². The number of hydrogen-bond donors (Lipinski definition) is 2. The van der Waals surface area contributed by atoms with E-state index in [-0.39, 0.29) is 37.4 Å². The largest absolute Gasteiger partial charge is 0.394 e. The summed E-state index contributed by atoms with van der Waals surface area (Å²) in [6.07, 6.45) is 2.04. The van der Waals surface area contributed by atoms with Gasteiger partial charge in [-0.3, -0.25) is 9.59 Å². The van der Waals surface area contributed by atoms with Gasteiger partial charge in [0.25, 0.3) is 0 Å². The van der Waals surface area contributed by atoms with Crippen molar-refractivity contribution in [2.45, 2.75) is 18.9 Å². The molecule has 106 valence electrons. The number of anilines is 1. The first kappa shape index (κ1) is 14.3. The summed E-state index contributed by atoms with van der Waals surface area (Å²) in [5.74, 6) is -0.392. The zero-order valence-corrected chi connectivity index (χ0v) is 11.2. The molecular formula is C15H18N2O3. The van der Waals surface area contributed by atoms with Crippen molar-refractivity contribution < 1.29 is 14.7 Å². The summed E-state index contributed by atoms with van der Waals surface area (Å²) in [4.78, 5) is 25.0. The summed E-state index contributed by atoms with van der Waals surface area (Å²) in [7, 11) is 0. The molecular weight excluding hydrogens is 256 g/mol. The molecule has 5 heteroatoms. The summed E-state index contributed by atoms with van der Waals surface area (Å²) in [5.41, 5.74) is 1.92. The second kappa shape index (κ2) is 6.34. The minimum Gasteiger partial charge on any atom is -0.394 e. The van der Waals surface area contributed by atoms with E-state index in [2.05, 4.69) is 11.9 Å².